The van der Waals surface area contributed by atoms with E-state index in [0.29, 0.717) is 18.9 Å². The maximum Gasteiger partial charge on any atom is 0.307 e. The number of carbonyl (C=O) groups excluding carboxylic acids is 1. The van der Waals surface area contributed by atoms with Crippen molar-refractivity contribution in [1.82, 2.24) is 4.90 Å². The van der Waals surface area contributed by atoms with E-state index in [4.69, 9.17) is 4.74 Å². The molecule has 0 amide bonds. The van der Waals surface area contributed by atoms with Gasteiger partial charge in [0.05, 0.1) is 0 Å². The number of aromatic hydroxyl groups is 1. The number of piperidine rings is 1. The number of hydrogen-bond acceptors (Lipinski definition) is 4. The lowest BCUT2D eigenvalue weighted by Crippen LogP contribution is -2.59. The van der Waals surface area contributed by atoms with Crippen molar-refractivity contribution in [3.05, 3.63) is 28.8 Å². The van der Waals surface area contributed by atoms with Crippen LogP contribution in [0.1, 0.15) is 76.5 Å². The summed E-state index contributed by atoms with van der Waals surface area (Å²) in [5.74, 6) is 0.231. The van der Waals surface area contributed by atoms with E-state index < -0.39 is 0 Å². The number of likely N-dealkylation sites (tertiary alicyclic amines) is 1. The summed E-state index contributed by atoms with van der Waals surface area (Å²) in [4.78, 5) is 14.5. The minimum Gasteiger partial charge on any atom is -0.507 e. The zero-order valence-corrected chi connectivity index (χ0v) is 17.3. The summed E-state index contributed by atoms with van der Waals surface area (Å²) in [5.41, 5.74) is 3.05. The van der Waals surface area contributed by atoms with E-state index in [-0.39, 0.29) is 17.0 Å². The first-order chi connectivity index (χ1) is 12.0. The lowest BCUT2D eigenvalue weighted by atomic mass is 9.80. The van der Waals surface area contributed by atoms with E-state index in [1.165, 1.54) is 6.42 Å². The number of ether oxygens (including phenoxy) is 1. The van der Waals surface area contributed by atoms with Crippen LogP contribution in [0, 0.1) is 13.8 Å². The minimum absolute atomic E-state index is 0.0587. The summed E-state index contributed by atoms with van der Waals surface area (Å²) < 4.78 is 5.60. The molecule has 4 heteroatoms. The molecule has 4 nitrogen and oxygen atoms in total. The molecular weight excluding hydrogens is 326 g/mol. The minimum atomic E-state index is -0.130. The molecule has 1 saturated heterocycles. The smallest absolute Gasteiger partial charge is 0.307 e. The number of phenols is 1. The van der Waals surface area contributed by atoms with Gasteiger partial charge in [0.25, 0.3) is 0 Å². The summed E-state index contributed by atoms with van der Waals surface area (Å²) in [6.45, 7) is 13.1. The third-order valence-corrected chi connectivity index (χ3v) is 5.79. The number of hydrogen-bond donors (Lipinski definition) is 1. The van der Waals surface area contributed by atoms with Gasteiger partial charge in [-0.25, -0.2) is 0 Å². The molecule has 0 aromatic heterocycles. The largest absolute Gasteiger partial charge is 0.507 e. The van der Waals surface area contributed by atoms with Gasteiger partial charge in [0.15, 0.2) is 0 Å². The third kappa shape index (κ3) is 5.00. The molecule has 1 aliphatic rings. The molecular formula is C22H35NO3. The number of esters is 1. The zero-order valence-electron chi connectivity index (χ0n) is 17.3. The molecule has 2 rings (SSSR count). The highest BCUT2D eigenvalue weighted by atomic mass is 16.5. The standard InChI is InChI=1S/C22H35NO3/c1-16-13-18(14-17(2)20(16)25)9-7-10-19(24)26-15-23-21(3,4)11-8-12-22(23,5)6/h13-14,25H,7-12,15H2,1-6H3. The Kier molecular flexibility index (Phi) is 6.38. The van der Waals surface area contributed by atoms with Crippen molar-refractivity contribution in [3.63, 3.8) is 0 Å². The molecule has 0 spiro atoms. The molecule has 1 aromatic rings. The number of benzene rings is 1. The molecule has 146 valence electrons. The Balaban J connectivity index is 1.82. The van der Waals surface area contributed by atoms with Gasteiger partial charge in [-0.1, -0.05) is 12.1 Å². The molecule has 1 heterocycles. The fourth-order valence-corrected chi connectivity index (χ4v) is 4.23. The maximum absolute atomic E-state index is 12.2. The summed E-state index contributed by atoms with van der Waals surface area (Å²) in [5, 5.41) is 9.84. The highest BCUT2D eigenvalue weighted by Crippen LogP contribution is 2.37. The Morgan fingerprint density at radius 1 is 1.12 bits per heavy atom. The molecule has 0 saturated carbocycles. The fraction of sp³-hybridized carbons (Fsp3) is 0.682. The monoisotopic (exact) mass is 361 g/mol. The van der Waals surface area contributed by atoms with Crippen LogP contribution >= 0.6 is 0 Å². The van der Waals surface area contributed by atoms with Crippen LogP contribution in [-0.2, 0) is 16.0 Å². The van der Waals surface area contributed by atoms with Crippen molar-refractivity contribution in [1.29, 1.82) is 0 Å². The molecule has 1 aromatic carbocycles. The number of aryl methyl sites for hydroxylation is 3. The highest BCUT2D eigenvalue weighted by molar-refractivity contribution is 5.69. The molecule has 0 aliphatic carbocycles. The molecule has 1 N–H and O–H groups in total. The molecule has 0 atom stereocenters. The van der Waals surface area contributed by atoms with Gasteiger partial charge in [0, 0.05) is 17.5 Å². The lowest BCUT2D eigenvalue weighted by molar-refractivity contribution is -0.160. The number of carbonyl (C=O) groups is 1. The van der Waals surface area contributed by atoms with E-state index in [1.807, 2.05) is 26.0 Å². The van der Waals surface area contributed by atoms with Crippen molar-refractivity contribution in [2.24, 2.45) is 0 Å². The van der Waals surface area contributed by atoms with Crippen LogP contribution in [0.15, 0.2) is 12.1 Å². The summed E-state index contributed by atoms with van der Waals surface area (Å²) in [7, 11) is 0. The van der Waals surface area contributed by atoms with Crippen LogP contribution in [0.3, 0.4) is 0 Å². The summed E-state index contributed by atoms with van der Waals surface area (Å²) in [6.07, 6.45) is 5.48. The summed E-state index contributed by atoms with van der Waals surface area (Å²) in [6, 6.07) is 3.98. The third-order valence-electron chi connectivity index (χ3n) is 5.79. The molecule has 0 bridgehead atoms. The number of nitrogens with zero attached hydrogens (tertiary/aromatic N) is 1. The van der Waals surface area contributed by atoms with Gasteiger partial charge in [-0.2, -0.15) is 0 Å². The van der Waals surface area contributed by atoms with Crippen molar-refractivity contribution >= 4 is 5.97 Å². The molecule has 0 unspecified atom stereocenters. The van der Waals surface area contributed by atoms with Gasteiger partial charge in [-0.3, -0.25) is 9.69 Å². The van der Waals surface area contributed by atoms with Crippen LogP contribution in [0.4, 0.5) is 0 Å². The molecule has 1 fully saturated rings. The lowest BCUT2D eigenvalue weighted by Gasteiger charge is -2.52. The quantitative estimate of drug-likeness (QED) is 0.734. The predicted octanol–water partition coefficient (Wildman–Crippen LogP) is 4.88. The second kappa shape index (κ2) is 7.99. The Morgan fingerprint density at radius 3 is 2.19 bits per heavy atom. The average molecular weight is 362 g/mol. The Labute approximate surface area is 158 Å². The highest BCUT2D eigenvalue weighted by Gasteiger charge is 2.41. The van der Waals surface area contributed by atoms with Crippen molar-refractivity contribution in [2.45, 2.75) is 91.1 Å². The van der Waals surface area contributed by atoms with E-state index in [2.05, 4.69) is 32.6 Å². The summed E-state index contributed by atoms with van der Waals surface area (Å²) >= 11 is 0. The Morgan fingerprint density at radius 2 is 1.65 bits per heavy atom. The van der Waals surface area contributed by atoms with Gasteiger partial charge in [0.1, 0.15) is 12.5 Å². The van der Waals surface area contributed by atoms with E-state index >= 15 is 0 Å². The van der Waals surface area contributed by atoms with Gasteiger partial charge in [0.2, 0.25) is 0 Å². The predicted molar refractivity (Wildman–Crippen MR) is 105 cm³/mol. The second-order valence-corrected chi connectivity index (χ2v) is 8.98. The van der Waals surface area contributed by atoms with Crippen LogP contribution in [0.5, 0.6) is 5.75 Å². The second-order valence-electron chi connectivity index (χ2n) is 8.98. The van der Waals surface area contributed by atoms with Crippen molar-refractivity contribution < 1.29 is 14.6 Å². The van der Waals surface area contributed by atoms with Gasteiger partial charge in [-0.15, -0.1) is 0 Å². The zero-order chi connectivity index (χ0) is 19.5. The number of rotatable bonds is 6. The van der Waals surface area contributed by atoms with Gasteiger partial charge >= 0.3 is 5.97 Å². The average Bonchev–Trinajstić information content (AvgIpc) is 2.50. The molecule has 26 heavy (non-hydrogen) atoms. The van der Waals surface area contributed by atoms with Crippen LogP contribution in [-0.4, -0.2) is 33.8 Å². The topological polar surface area (TPSA) is 49.8 Å². The Bertz CT molecular complexity index is 610. The van der Waals surface area contributed by atoms with E-state index in [1.54, 1.807) is 0 Å². The number of phenolic OH excluding ortho intramolecular Hbond substituents is 1. The van der Waals surface area contributed by atoms with Gasteiger partial charge < -0.3 is 9.84 Å². The van der Waals surface area contributed by atoms with E-state index in [9.17, 15) is 9.90 Å². The van der Waals surface area contributed by atoms with Crippen LogP contribution in [0.25, 0.3) is 0 Å². The first-order valence-electron chi connectivity index (χ1n) is 9.75. The van der Waals surface area contributed by atoms with Crippen LogP contribution in [0.2, 0.25) is 0 Å². The first kappa shape index (κ1) is 20.8. The first-order valence-corrected chi connectivity index (χ1v) is 9.75. The van der Waals surface area contributed by atoms with Gasteiger partial charge in [-0.05, 0) is 90.3 Å². The Hall–Kier alpha value is -1.55. The maximum atomic E-state index is 12.2. The molecule has 1 aliphatic heterocycles. The molecule has 0 radical (unpaired) electrons. The van der Waals surface area contributed by atoms with Crippen LogP contribution < -0.4 is 0 Å². The van der Waals surface area contributed by atoms with Crippen molar-refractivity contribution in [3.8, 4) is 5.75 Å². The normalized spacial score (nSPS) is 19.3. The SMILES string of the molecule is Cc1cc(CCCC(=O)OCN2C(C)(C)CCCC2(C)C)cc(C)c1O. The van der Waals surface area contributed by atoms with Crippen molar-refractivity contribution in [2.75, 3.05) is 6.73 Å². The van der Waals surface area contributed by atoms with E-state index in [0.717, 1.165) is 42.4 Å². The fourth-order valence-electron chi connectivity index (χ4n) is 4.23.